The summed E-state index contributed by atoms with van der Waals surface area (Å²) in [5.74, 6) is 2.29. The number of halogens is 4. The third-order valence-electron chi connectivity index (χ3n) is 6.23. The number of phenolic OH excluding ortho intramolecular Hbond substituents is 4. The molecule has 4 aromatic carbocycles. The summed E-state index contributed by atoms with van der Waals surface area (Å²) in [4.78, 5) is 0. The van der Waals surface area contributed by atoms with Gasteiger partial charge in [0, 0.05) is 29.8 Å². The van der Waals surface area contributed by atoms with Crippen LogP contribution in [0.2, 0.25) is 0 Å². The predicted molar refractivity (Wildman–Crippen MR) is 198 cm³/mol. The van der Waals surface area contributed by atoms with Gasteiger partial charge in [0.15, 0.2) is 0 Å². The Morgan fingerprint density at radius 3 is 1.22 bits per heavy atom. The number of quaternary nitrogens is 1. The molecule has 2 aliphatic heterocycles. The second kappa shape index (κ2) is 26.3. The molecular weight excluding hydrogens is 1090 g/mol. The molecule has 16 heteroatoms. The predicted octanol–water partition coefficient (Wildman–Crippen LogP) is 8.09. The molecule has 0 aromatic heterocycles. The minimum atomic E-state index is -1.85. The van der Waals surface area contributed by atoms with Crippen LogP contribution in [0.4, 0.5) is 0 Å². The zero-order valence-electron chi connectivity index (χ0n) is 26.5. The van der Waals surface area contributed by atoms with Crippen molar-refractivity contribution in [3.63, 3.8) is 0 Å². The van der Waals surface area contributed by atoms with E-state index < -0.39 is 14.2 Å². The first kappa shape index (κ1) is 45.6. The summed E-state index contributed by atoms with van der Waals surface area (Å²) < 4.78 is 11.2. The van der Waals surface area contributed by atoms with Gasteiger partial charge in [0.1, 0.15) is 47.7 Å². The van der Waals surface area contributed by atoms with E-state index in [1.165, 1.54) is 0 Å². The SMILES string of the molecule is NCC[NH3+].Oc1ccc(C2=Cc3ccc(O)cc3OC2)cc1.Oc1ccc(C2=Cc3ccc(O)cc3OC2)cc1.[Cl][Pt].[Cl][Pt]([Cl])[Cl].[NH-]CC[NH-]. The summed E-state index contributed by atoms with van der Waals surface area (Å²) >= 11 is -0.241. The second-order valence-electron chi connectivity index (χ2n) is 9.73. The van der Waals surface area contributed by atoms with E-state index in [0.717, 1.165) is 39.9 Å². The van der Waals surface area contributed by atoms with Crippen molar-refractivity contribution in [3.8, 4) is 34.5 Å². The van der Waals surface area contributed by atoms with Gasteiger partial charge < -0.3 is 52.8 Å². The van der Waals surface area contributed by atoms with E-state index >= 15 is 0 Å². The fourth-order valence-electron chi connectivity index (χ4n) is 3.99. The Balaban J connectivity index is 0.000000367. The van der Waals surface area contributed by atoms with Crippen LogP contribution < -0.4 is 20.9 Å². The molecule has 0 amide bonds. The summed E-state index contributed by atoms with van der Waals surface area (Å²) in [6.07, 6.45) is 4.06. The van der Waals surface area contributed by atoms with Crippen LogP contribution in [0.15, 0.2) is 84.9 Å². The monoisotopic (exact) mass is 1130 g/mol. The zero-order chi connectivity index (χ0) is 37.5. The van der Waals surface area contributed by atoms with Crippen molar-refractivity contribution >= 4 is 61.0 Å². The standard InChI is InChI=1S/2C15H12O3.C2H8N2.C2H6N2.4ClH.2Pt/c2*16-13-4-1-10(2-5-13)12-7-11-3-6-14(17)8-15(11)18-9-12;2*3-1-2-4;;;;;;/h2*1-8,16-17H,9H2;1-4H2;3-4H,1-2H2;4*1H;;/q;;;-2;;;;;+1;+3/p-3. The van der Waals surface area contributed by atoms with Gasteiger partial charge in [-0.3, -0.25) is 0 Å². The maximum atomic E-state index is 9.37. The third kappa shape index (κ3) is 17.6. The molecule has 11 N–H and O–H groups in total. The molecule has 2 aliphatic rings. The van der Waals surface area contributed by atoms with E-state index in [2.05, 4.69) is 15.2 Å². The Hall–Kier alpha value is -2.46. The number of nitrogens with one attached hydrogen (secondary N) is 2. The van der Waals surface area contributed by atoms with Crippen LogP contribution in [0.25, 0.3) is 34.8 Å². The molecular formula is C34H39Cl4N4O6Pt2-. The zero-order valence-corrected chi connectivity index (χ0v) is 34.1. The van der Waals surface area contributed by atoms with Crippen LogP contribution in [0.1, 0.15) is 22.3 Å². The van der Waals surface area contributed by atoms with E-state index in [1.54, 1.807) is 67.3 Å². The van der Waals surface area contributed by atoms with Gasteiger partial charge in [0.05, 0.1) is 6.54 Å². The normalized spacial score (nSPS) is 11.9. The summed E-state index contributed by atoms with van der Waals surface area (Å²) in [5.41, 5.74) is 27.0. The number of rotatable bonds is 4. The first-order chi connectivity index (χ1) is 24.0. The molecule has 0 spiro atoms. The number of ether oxygens (including phenoxy) is 2. The average Bonchev–Trinajstić information content (AvgIpc) is 3.13. The molecule has 2 heterocycles. The molecule has 0 aliphatic carbocycles. The van der Waals surface area contributed by atoms with Crippen LogP contribution in [0, 0.1) is 0 Å². The van der Waals surface area contributed by atoms with Gasteiger partial charge in [-0.2, -0.15) is 13.1 Å². The quantitative estimate of drug-likeness (QED) is 0.119. The summed E-state index contributed by atoms with van der Waals surface area (Å²) in [7, 11) is 19.5. The van der Waals surface area contributed by atoms with Crippen molar-refractivity contribution in [3.05, 3.63) is 119 Å². The first-order valence-corrected chi connectivity index (χ1v) is 25.7. The Labute approximate surface area is 325 Å². The number of benzene rings is 4. The van der Waals surface area contributed by atoms with Crippen molar-refractivity contribution in [2.24, 2.45) is 5.73 Å². The minimum Gasteiger partial charge on any atom is -0.679 e. The maximum Gasteiger partial charge on any atom is -0.171 e. The van der Waals surface area contributed by atoms with Crippen molar-refractivity contribution < 1.29 is 68.6 Å². The molecule has 4 aromatic rings. The van der Waals surface area contributed by atoms with Crippen LogP contribution in [-0.2, 0) is 33.0 Å². The Kier molecular flexibility index (Phi) is 24.0. The Bertz CT molecular complexity index is 1490. The molecule has 50 heavy (non-hydrogen) atoms. The van der Waals surface area contributed by atoms with E-state index in [1.807, 2.05) is 48.6 Å². The number of fused-ring (bicyclic) bond motifs is 2. The van der Waals surface area contributed by atoms with E-state index in [-0.39, 0.29) is 36.1 Å². The van der Waals surface area contributed by atoms with E-state index in [0.29, 0.717) is 31.3 Å². The molecule has 280 valence electrons. The fourth-order valence-corrected chi connectivity index (χ4v) is 3.99. The van der Waals surface area contributed by atoms with Gasteiger partial charge in [0.2, 0.25) is 0 Å². The van der Waals surface area contributed by atoms with E-state index in [9.17, 15) is 20.4 Å². The third-order valence-corrected chi connectivity index (χ3v) is 6.23. The molecule has 0 saturated carbocycles. The molecule has 10 nitrogen and oxygen atoms in total. The fraction of sp³-hybridized carbons (Fsp3) is 0.176. The second-order valence-corrected chi connectivity index (χ2v) is 19.6. The van der Waals surface area contributed by atoms with Gasteiger partial charge >= 0.3 is 70.6 Å². The van der Waals surface area contributed by atoms with E-state index in [4.69, 9.17) is 54.9 Å². The molecule has 0 fully saturated rings. The van der Waals surface area contributed by atoms with Crippen LogP contribution >= 0.6 is 37.7 Å². The first-order valence-electron chi connectivity index (χ1n) is 14.5. The largest absolute Gasteiger partial charge is 0.679 e. The van der Waals surface area contributed by atoms with Gasteiger partial charge in [-0.15, -0.1) is 0 Å². The molecule has 0 saturated heterocycles. The van der Waals surface area contributed by atoms with Crippen LogP contribution in [-0.4, -0.2) is 59.8 Å². The summed E-state index contributed by atoms with van der Waals surface area (Å²) in [5, 5.41) is 37.3. The minimum absolute atomic E-state index is 0.204. The smallest absolute Gasteiger partial charge is 0.171 e. The van der Waals surface area contributed by atoms with Crippen molar-refractivity contribution in [2.45, 2.75) is 0 Å². The number of hydrogen-bond donors (Lipinski definition) is 6. The number of phenols is 4. The van der Waals surface area contributed by atoms with Crippen LogP contribution in [0.5, 0.6) is 34.5 Å². The molecule has 0 atom stereocenters. The number of nitrogens with two attached hydrogens (primary N) is 1. The topological polar surface area (TPSA) is 201 Å². The average molecular weight is 1130 g/mol. The van der Waals surface area contributed by atoms with Gasteiger partial charge in [-0.25, -0.2) is 0 Å². The van der Waals surface area contributed by atoms with Gasteiger partial charge in [0.25, 0.3) is 0 Å². The molecule has 0 bridgehead atoms. The molecule has 0 radical (unpaired) electrons. The maximum absolute atomic E-state index is 9.37. The van der Waals surface area contributed by atoms with Crippen molar-refractivity contribution in [2.75, 3.05) is 39.4 Å². The van der Waals surface area contributed by atoms with Gasteiger partial charge in [-0.05, 0) is 83.0 Å². The molecule has 6 rings (SSSR count). The van der Waals surface area contributed by atoms with Crippen LogP contribution in [0.3, 0.4) is 0 Å². The molecule has 0 unspecified atom stereocenters. The number of hydrogen-bond acceptors (Lipinski definition) is 7. The Morgan fingerprint density at radius 2 is 0.940 bits per heavy atom. The van der Waals surface area contributed by atoms with Gasteiger partial charge in [-0.1, -0.05) is 24.3 Å². The summed E-state index contributed by atoms with van der Waals surface area (Å²) in [6, 6.07) is 24.2. The Morgan fingerprint density at radius 1 is 0.640 bits per heavy atom. The van der Waals surface area contributed by atoms with Crippen molar-refractivity contribution in [1.29, 1.82) is 0 Å². The number of aromatic hydroxyl groups is 4. The van der Waals surface area contributed by atoms with Crippen molar-refractivity contribution in [1.82, 2.24) is 0 Å². The summed E-state index contributed by atoms with van der Waals surface area (Å²) in [6.45, 7) is 2.95.